The lowest BCUT2D eigenvalue weighted by Gasteiger charge is -2.24. The minimum absolute atomic E-state index is 0.0756. The molecule has 10 heteroatoms. The third kappa shape index (κ3) is 6.10. The SMILES string of the molecule is CN(Cc1ccccc1)C(=O)C(O)C(O)C(=O)NCCN1CCN(c2ccccc2Br)C1=O. The van der Waals surface area contributed by atoms with Crippen LogP contribution in [-0.2, 0) is 16.1 Å². The molecule has 1 saturated heterocycles. The number of halogens is 1. The fraction of sp³-hybridized carbons (Fsp3) is 0.348. The maximum absolute atomic E-state index is 12.7. The van der Waals surface area contributed by atoms with E-state index in [1.807, 2.05) is 54.6 Å². The van der Waals surface area contributed by atoms with Gasteiger partial charge >= 0.3 is 6.03 Å². The average molecular weight is 519 g/mol. The highest BCUT2D eigenvalue weighted by Gasteiger charge is 2.33. The molecule has 3 N–H and O–H groups in total. The van der Waals surface area contributed by atoms with Crippen LogP contribution in [0.3, 0.4) is 0 Å². The fourth-order valence-corrected chi connectivity index (χ4v) is 4.04. The zero-order valence-electron chi connectivity index (χ0n) is 18.2. The summed E-state index contributed by atoms with van der Waals surface area (Å²) in [7, 11) is 1.49. The lowest BCUT2D eigenvalue weighted by molar-refractivity contribution is -0.152. The van der Waals surface area contributed by atoms with Gasteiger partial charge in [-0.2, -0.15) is 0 Å². The number of para-hydroxylation sites is 1. The Balaban J connectivity index is 1.45. The maximum atomic E-state index is 12.7. The first-order valence-corrected chi connectivity index (χ1v) is 11.3. The molecule has 0 aromatic heterocycles. The van der Waals surface area contributed by atoms with E-state index in [-0.39, 0.29) is 25.7 Å². The number of benzene rings is 2. The molecule has 3 rings (SSSR count). The summed E-state index contributed by atoms with van der Waals surface area (Å²) >= 11 is 3.44. The van der Waals surface area contributed by atoms with E-state index in [4.69, 9.17) is 0 Å². The topological polar surface area (TPSA) is 113 Å². The second-order valence-corrected chi connectivity index (χ2v) is 8.59. The molecule has 2 unspecified atom stereocenters. The number of nitrogens with zero attached hydrogens (tertiary/aromatic N) is 3. The van der Waals surface area contributed by atoms with Gasteiger partial charge in [0.15, 0.2) is 12.2 Å². The first-order chi connectivity index (χ1) is 15.8. The predicted octanol–water partition coefficient (Wildman–Crippen LogP) is 1.19. The zero-order chi connectivity index (χ0) is 24.0. The second-order valence-electron chi connectivity index (χ2n) is 7.73. The van der Waals surface area contributed by atoms with Crippen LogP contribution in [0.4, 0.5) is 10.5 Å². The van der Waals surface area contributed by atoms with Crippen LogP contribution in [0.5, 0.6) is 0 Å². The quantitative estimate of drug-likeness (QED) is 0.461. The molecule has 176 valence electrons. The van der Waals surface area contributed by atoms with Crippen molar-refractivity contribution in [3.8, 4) is 0 Å². The Labute approximate surface area is 200 Å². The number of hydrogen-bond acceptors (Lipinski definition) is 5. The van der Waals surface area contributed by atoms with Gasteiger partial charge < -0.3 is 25.3 Å². The van der Waals surface area contributed by atoms with E-state index in [9.17, 15) is 24.6 Å². The molecule has 2 aromatic rings. The van der Waals surface area contributed by atoms with Crippen molar-refractivity contribution in [2.45, 2.75) is 18.8 Å². The van der Waals surface area contributed by atoms with Crippen molar-refractivity contribution in [3.05, 3.63) is 64.6 Å². The van der Waals surface area contributed by atoms with Gasteiger partial charge in [0.25, 0.3) is 11.8 Å². The summed E-state index contributed by atoms with van der Waals surface area (Å²) < 4.78 is 0.813. The van der Waals surface area contributed by atoms with Crippen LogP contribution in [0.1, 0.15) is 5.56 Å². The van der Waals surface area contributed by atoms with E-state index in [0.717, 1.165) is 15.7 Å². The van der Waals surface area contributed by atoms with Crippen molar-refractivity contribution in [3.63, 3.8) is 0 Å². The minimum atomic E-state index is -1.92. The van der Waals surface area contributed by atoms with Crippen LogP contribution in [0.15, 0.2) is 59.1 Å². The zero-order valence-corrected chi connectivity index (χ0v) is 19.8. The van der Waals surface area contributed by atoms with E-state index in [0.29, 0.717) is 13.1 Å². The van der Waals surface area contributed by atoms with Crippen molar-refractivity contribution in [1.82, 2.24) is 15.1 Å². The molecule has 2 atom stereocenters. The van der Waals surface area contributed by atoms with Gasteiger partial charge in [-0.1, -0.05) is 42.5 Å². The largest absolute Gasteiger partial charge is 0.380 e. The molecule has 1 fully saturated rings. The van der Waals surface area contributed by atoms with E-state index in [1.54, 1.807) is 9.80 Å². The van der Waals surface area contributed by atoms with E-state index >= 15 is 0 Å². The Morgan fingerprint density at radius 1 is 1.06 bits per heavy atom. The predicted molar refractivity (Wildman–Crippen MR) is 126 cm³/mol. The van der Waals surface area contributed by atoms with E-state index in [1.165, 1.54) is 11.9 Å². The third-order valence-electron chi connectivity index (χ3n) is 5.38. The smallest absolute Gasteiger partial charge is 0.324 e. The number of nitrogens with one attached hydrogen (secondary N) is 1. The summed E-state index contributed by atoms with van der Waals surface area (Å²) in [5, 5.41) is 22.8. The van der Waals surface area contributed by atoms with Gasteiger partial charge in [-0.3, -0.25) is 14.5 Å². The van der Waals surface area contributed by atoms with Crippen LogP contribution in [-0.4, -0.2) is 83.3 Å². The molecule has 1 aliphatic heterocycles. The van der Waals surface area contributed by atoms with Crippen LogP contribution in [0.2, 0.25) is 0 Å². The van der Waals surface area contributed by atoms with Crippen molar-refractivity contribution in [1.29, 1.82) is 0 Å². The Bertz CT molecular complexity index is 990. The van der Waals surface area contributed by atoms with Crippen LogP contribution in [0, 0.1) is 0 Å². The molecule has 4 amide bonds. The molecule has 1 heterocycles. The van der Waals surface area contributed by atoms with Crippen molar-refractivity contribution in [2.75, 3.05) is 38.1 Å². The van der Waals surface area contributed by atoms with Crippen molar-refractivity contribution in [2.24, 2.45) is 0 Å². The summed E-state index contributed by atoms with van der Waals surface area (Å²) in [6, 6.07) is 16.4. The first kappa shape index (κ1) is 24.7. The summed E-state index contributed by atoms with van der Waals surface area (Å²) in [4.78, 5) is 41.8. The number of aliphatic hydroxyl groups is 2. The number of likely N-dealkylation sites (N-methyl/N-ethyl adjacent to an activating group) is 1. The van der Waals surface area contributed by atoms with Crippen LogP contribution < -0.4 is 10.2 Å². The third-order valence-corrected chi connectivity index (χ3v) is 6.05. The van der Waals surface area contributed by atoms with Gasteiger partial charge in [0.2, 0.25) is 0 Å². The standard InChI is InChI=1S/C23H27BrN4O5/c1-26(15-16-7-3-2-4-8-16)22(32)20(30)19(29)21(31)25-11-12-27-13-14-28(23(27)33)18-10-6-5-9-17(18)24/h2-10,19-20,29-30H,11-15H2,1H3,(H,25,31). The number of anilines is 1. The number of hydrogen-bond donors (Lipinski definition) is 3. The number of carbonyl (C=O) groups excluding carboxylic acids is 3. The van der Waals surface area contributed by atoms with Gasteiger partial charge in [-0.25, -0.2) is 4.79 Å². The molecule has 0 bridgehead atoms. The number of urea groups is 1. The number of rotatable bonds is 9. The lowest BCUT2D eigenvalue weighted by Crippen LogP contribution is -2.50. The maximum Gasteiger partial charge on any atom is 0.324 e. The molecule has 0 radical (unpaired) electrons. The fourth-order valence-electron chi connectivity index (χ4n) is 3.54. The van der Waals surface area contributed by atoms with Gasteiger partial charge in [0, 0.05) is 44.2 Å². The average Bonchev–Trinajstić information content (AvgIpc) is 3.18. The van der Waals surface area contributed by atoms with Gasteiger partial charge in [-0.15, -0.1) is 0 Å². The van der Waals surface area contributed by atoms with Gasteiger partial charge in [-0.05, 0) is 33.6 Å². The molecule has 33 heavy (non-hydrogen) atoms. The van der Waals surface area contributed by atoms with Crippen molar-refractivity contribution < 1.29 is 24.6 Å². The van der Waals surface area contributed by atoms with E-state index < -0.39 is 24.0 Å². The Hall–Kier alpha value is -2.95. The normalized spacial score (nSPS) is 15.3. The summed E-state index contributed by atoms with van der Waals surface area (Å²) in [5.74, 6) is -1.64. The first-order valence-electron chi connectivity index (χ1n) is 10.5. The number of amides is 4. The molecule has 2 aromatic carbocycles. The molecular formula is C23H27BrN4O5. The number of carbonyl (C=O) groups is 3. The van der Waals surface area contributed by atoms with Crippen molar-refractivity contribution >= 4 is 39.5 Å². The summed E-state index contributed by atoms with van der Waals surface area (Å²) in [5.41, 5.74) is 1.62. The number of aliphatic hydroxyl groups excluding tert-OH is 2. The molecule has 0 saturated carbocycles. The minimum Gasteiger partial charge on any atom is -0.380 e. The van der Waals surface area contributed by atoms with Crippen LogP contribution >= 0.6 is 15.9 Å². The molecule has 1 aliphatic rings. The van der Waals surface area contributed by atoms with Gasteiger partial charge in [0.05, 0.1) is 5.69 Å². The highest BCUT2D eigenvalue weighted by molar-refractivity contribution is 9.10. The van der Waals surface area contributed by atoms with Gasteiger partial charge in [0.1, 0.15) is 0 Å². The summed E-state index contributed by atoms with van der Waals surface area (Å²) in [6.07, 6.45) is -3.81. The highest BCUT2D eigenvalue weighted by Crippen LogP contribution is 2.28. The monoisotopic (exact) mass is 518 g/mol. The lowest BCUT2D eigenvalue weighted by atomic mass is 10.1. The Morgan fingerprint density at radius 3 is 2.42 bits per heavy atom. The Morgan fingerprint density at radius 2 is 1.73 bits per heavy atom. The second kappa shape index (κ2) is 11.3. The summed E-state index contributed by atoms with van der Waals surface area (Å²) in [6.45, 7) is 1.54. The molecule has 9 nitrogen and oxygen atoms in total. The van der Waals surface area contributed by atoms with Crippen LogP contribution in [0.25, 0.3) is 0 Å². The molecular weight excluding hydrogens is 492 g/mol. The molecule has 0 aliphatic carbocycles. The Kier molecular flexibility index (Phi) is 8.43. The highest BCUT2D eigenvalue weighted by atomic mass is 79.9. The van der Waals surface area contributed by atoms with E-state index in [2.05, 4.69) is 21.2 Å². The molecule has 0 spiro atoms.